The van der Waals surface area contributed by atoms with E-state index in [2.05, 4.69) is 34.6 Å². The molecular weight excluding hydrogens is 296 g/mol. The second-order valence-corrected chi connectivity index (χ2v) is 6.65. The van der Waals surface area contributed by atoms with Gasteiger partial charge in [-0.2, -0.15) is 4.98 Å². The summed E-state index contributed by atoms with van der Waals surface area (Å²) in [7, 11) is 0. The van der Waals surface area contributed by atoms with Gasteiger partial charge in [0.2, 0.25) is 5.89 Å². The highest BCUT2D eigenvalue weighted by Crippen LogP contribution is 2.16. The van der Waals surface area contributed by atoms with Gasteiger partial charge in [0.1, 0.15) is 5.60 Å². The van der Waals surface area contributed by atoms with Crippen molar-refractivity contribution in [3.05, 3.63) is 11.7 Å². The molecule has 7 nitrogen and oxygen atoms in total. The predicted octanol–water partition coefficient (Wildman–Crippen LogP) is 2.81. The summed E-state index contributed by atoms with van der Waals surface area (Å²) >= 11 is 0. The zero-order valence-electron chi connectivity index (χ0n) is 15.2. The first-order valence-corrected chi connectivity index (χ1v) is 8.27. The number of nitrogens with zero attached hydrogens (tertiary/aromatic N) is 2. The van der Waals surface area contributed by atoms with Crippen molar-refractivity contribution in [1.29, 1.82) is 0 Å². The molecule has 132 valence electrons. The number of ether oxygens (including phenoxy) is 1. The number of rotatable bonds is 8. The summed E-state index contributed by atoms with van der Waals surface area (Å²) in [5, 5.41) is 10.2. The van der Waals surface area contributed by atoms with E-state index in [4.69, 9.17) is 9.26 Å². The average molecular weight is 326 g/mol. The van der Waals surface area contributed by atoms with Crippen molar-refractivity contribution in [2.75, 3.05) is 6.54 Å². The van der Waals surface area contributed by atoms with Gasteiger partial charge in [-0.05, 0) is 33.6 Å². The predicted molar refractivity (Wildman–Crippen MR) is 88.1 cm³/mol. The Morgan fingerprint density at radius 2 is 1.87 bits per heavy atom. The van der Waals surface area contributed by atoms with Crippen molar-refractivity contribution < 1.29 is 14.1 Å². The van der Waals surface area contributed by atoms with Gasteiger partial charge in [0.05, 0.1) is 6.54 Å². The van der Waals surface area contributed by atoms with Gasteiger partial charge in [-0.1, -0.05) is 25.9 Å². The molecule has 0 aliphatic heterocycles. The van der Waals surface area contributed by atoms with E-state index < -0.39 is 11.7 Å². The minimum absolute atomic E-state index is 0.238. The smallest absolute Gasteiger partial charge is 0.407 e. The maximum Gasteiger partial charge on any atom is 0.407 e. The van der Waals surface area contributed by atoms with Crippen LogP contribution in [0.2, 0.25) is 0 Å². The molecule has 1 aromatic rings. The van der Waals surface area contributed by atoms with Crippen LogP contribution in [0.4, 0.5) is 4.79 Å². The molecule has 1 amide bonds. The van der Waals surface area contributed by atoms with Gasteiger partial charge < -0.3 is 19.9 Å². The highest BCUT2D eigenvalue weighted by Gasteiger charge is 2.28. The van der Waals surface area contributed by atoms with Crippen LogP contribution < -0.4 is 10.6 Å². The van der Waals surface area contributed by atoms with Gasteiger partial charge in [-0.25, -0.2) is 4.79 Å². The van der Waals surface area contributed by atoms with E-state index in [1.54, 1.807) is 0 Å². The third-order valence-corrected chi connectivity index (χ3v) is 3.76. The molecule has 7 heteroatoms. The first-order chi connectivity index (χ1) is 10.7. The Morgan fingerprint density at radius 1 is 1.22 bits per heavy atom. The number of alkyl carbamates (subject to hydrolysis) is 1. The normalized spacial score (nSPS) is 12.3. The van der Waals surface area contributed by atoms with Crippen LogP contribution in [-0.2, 0) is 17.7 Å². The number of aryl methyl sites for hydroxylation is 1. The van der Waals surface area contributed by atoms with Crippen LogP contribution in [0.5, 0.6) is 0 Å². The van der Waals surface area contributed by atoms with E-state index in [9.17, 15) is 4.79 Å². The number of hydrogen-bond donors (Lipinski definition) is 2. The van der Waals surface area contributed by atoms with E-state index >= 15 is 0 Å². The Kier molecular flexibility index (Phi) is 7.00. The van der Waals surface area contributed by atoms with Crippen LogP contribution in [-0.4, -0.2) is 33.9 Å². The quantitative estimate of drug-likeness (QED) is 0.763. The van der Waals surface area contributed by atoms with E-state index in [0.29, 0.717) is 24.8 Å². The number of aromatic nitrogens is 2. The van der Waals surface area contributed by atoms with Crippen molar-refractivity contribution in [2.45, 2.75) is 78.5 Å². The third-order valence-electron chi connectivity index (χ3n) is 3.76. The zero-order valence-corrected chi connectivity index (χ0v) is 15.2. The maximum atomic E-state index is 11.9. The third kappa shape index (κ3) is 6.56. The van der Waals surface area contributed by atoms with Crippen molar-refractivity contribution in [2.24, 2.45) is 0 Å². The molecule has 0 bridgehead atoms. The number of nitrogens with one attached hydrogen (secondary N) is 2. The van der Waals surface area contributed by atoms with Crippen LogP contribution in [0.25, 0.3) is 0 Å². The minimum Gasteiger partial charge on any atom is -0.444 e. The number of amides is 1. The molecule has 2 N–H and O–H groups in total. The lowest BCUT2D eigenvalue weighted by atomic mass is 9.92. The molecule has 0 unspecified atom stereocenters. The molecule has 0 atom stereocenters. The van der Waals surface area contributed by atoms with Gasteiger partial charge in [0.25, 0.3) is 0 Å². The van der Waals surface area contributed by atoms with Gasteiger partial charge >= 0.3 is 6.09 Å². The SMILES string of the molecule is CCc1noc(CNC(CC)(CC)CNC(=O)OC(C)(C)C)n1. The van der Waals surface area contributed by atoms with Crippen LogP contribution >= 0.6 is 0 Å². The van der Waals surface area contributed by atoms with Gasteiger partial charge in [-0.15, -0.1) is 0 Å². The van der Waals surface area contributed by atoms with Crippen LogP contribution in [0.1, 0.15) is 66.1 Å². The Balaban J connectivity index is 2.58. The number of carbonyl (C=O) groups excluding carboxylic acids is 1. The summed E-state index contributed by atoms with van der Waals surface area (Å²) in [5.74, 6) is 1.26. The molecule has 23 heavy (non-hydrogen) atoms. The molecule has 0 aliphatic rings. The molecule has 0 radical (unpaired) electrons. The molecule has 1 aromatic heterocycles. The fraction of sp³-hybridized carbons (Fsp3) is 0.812. The zero-order chi connectivity index (χ0) is 17.5. The summed E-state index contributed by atoms with van der Waals surface area (Å²) < 4.78 is 10.5. The summed E-state index contributed by atoms with van der Waals surface area (Å²) in [6, 6.07) is 0. The fourth-order valence-electron chi connectivity index (χ4n) is 2.14. The van der Waals surface area contributed by atoms with Crippen LogP contribution in [0.3, 0.4) is 0 Å². The average Bonchev–Trinajstić information content (AvgIpc) is 2.94. The van der Waals surface area contributed by atoms with Crippen LogP contribution in [0.15, 0.2) is 4.52 Å². The van der Waals surface area contributed by atoms with E-state index in [1.165, 1.54) is 0 Å². The largest absolute Gasteiger partial charge is 0.444 e. The maximum absolute atomic E-state index is 11.9. The molecular formula is C16H30N4O3. The van der Waals surface area contributed by atoms with E-state index in [0.717, 1.165) is 19.3 Å². The molecule has 1 heterocycles. The summed E-state index contributed by atoms with van der Waals surface area (Å²) in [6.07, 6.45) is 2.05. The van der Waals surface area contributed by atoms with Crippen molar-refractivity contribution in [1.82, 2.24) is 20.8 Å². The van der Waals surface area contributed by atoms with Gasteiger partial charge in [0, 0.05) is 18.5 Å². The summed E-state index contributed by atoms with van der Waals surface area (Å²) in [6.45, 7) is 12.6. The monoisotopic (exact) mass is 326 g/mol. The second kappa shape index (κ2) is 8.29. The Labute approximate surface area is 138 Å². The second-order valence-electron chi connectivity index (χ2n) is 6.65. The lowest BCUT2D eigenvalue weighted by Gasteiger charge is -2.33. The van der Waals surface area contributed by atoms with Crippen LogP contribution in [0, 0.1) is 0 Å². The standard InChI is InChI=1S/C16H30N4O3/c1-7-12-19-13(23-20-12)10-18-16(8-2,9-3)11-17-14(21)22-15(4,5)6/h18H,7-11H2,1-6H3,(H,17,21). The topological polar surface area (TPSA) is 89.3 Å². The Bertz CT molecular complexity index is 490. The molecule has 1 rings (SSSR count). The highest BCUT2D eigenvalue weighted by atomic mass is 16.6. The summed E-state index contributed by atoms with van der Waals surface area (Å²) in [4.78, 5) is 16.1. The molecule has 0 fully saturated rings. The highest BCUT2D eigenvalue weighted by molar-refractivity contribution is 5.67. The van der Waals surface area contributed by atoms with Crippen molar-refractivity contribution in [3.8, 4) is 0 Å². The minimum atomic E-state index is -0.501. The summed E-state index contributed by atoms with van der Waals surface area (Å²) in [5.41, 5.74) is -0.739. The first-order valence-electron chi connectivity index (χ1n) is 8.27. The molecule has 0 spiro atoms. The number of hydrogen-bond acceptors (Lipinski definition) is 6. The molecule has 0 saturated carbocycles. The number of carbonyl (C=O) groups is 1. The van der Waals surface area contributed by atoms with Gasteiger partial charge in [-0.3, -0.25) is 0 Å². The van der Waals surface area contributed by atoms with Crippen molar-refractivity contribution in [3.63, 3.8) is 0 Å². The lowest BCUT2D eigenvalue weighted by Crippen LogP contribution is -2.53. The van der Waals surface area contributed by atoms with E-state index in [1.807, 2.05) is 27.7 Å². The van der Waals surface area contributed by atoms with E-state index in [-0.39, 0.29) is 5.54 Å². The molecule has 0 aliphatic carbocycles. The molecule has 0 saturated heterocycles. The Morgan fingerprint density at radius 3 is 2.35 bits per heavy atom. The molecule has 0 aromatic carbocycles. The van der Waals surface area contributed by atoms with Gasteiger partial charge in [0.15, 0.2) is 5.82 Å². The Hall–Kier alpha value is -1.63. The first kappa shape index (κ1) is 19.4. The van der Waals surface area contributed by atoms with Crippen molar-refractivity contribution >= 4 is 6.09 Å². The fourth-order valence-corrected chi connectivity index (χ4v) is 2.14. The lowest BCUT2D eigenvalue weighted by molar-refractivity contribution is 0.0506.